The number of nitrogens with zero attached hydrogens (tertiary/aromatic N) is 1. The molecule has 2 fully saturated rings. The zero-order valence-electron chi connectivity index (χ0n) is 17.7. The van der Waals surface area contributed by atoms with Crippen LogP contribution in [0.25, 0.3) is 0 Å². The Labute approximate surface area is 185 Å². The van der Waals surface area contributed by atoms with Gasteiger partial charge in [-0.25, -0.2) is 0 Å². The lowest BCUT2D eigenvalue weighted by Crippen LogP contribution is -2.57. The molecule has 0 aromatic heterocycles. The van der Waals surface area contributed by atoms with E-state index in [4.69, 9.17) is 9.47 Å². The van der Waals surface area contributed by atoms with Gasteiger partial charge in [0.2, 0.25) is 5.91 Å². The molecule has 2 atom stereocenters. The molecule has 1 N–H and O–H groups in total. The molecule has 0 bridgehead atoms. The summed E-state index contributed by atoms with van der Waals surface area (Å²) in [6.45, 7) is 2.45. The number of amides is 1. The summed E-state index contributed by atoms with van der Waals surface area (Å²) in [4.78, 5) is 14.5. The van der Waals surface area contributed by atoms with Crippen molar-refractivity contribution in [1.29, 1.82) is 0 Å². The summed E-state index contributed by atoms with van der Waals surface area (Å²) < 4.78 is 51.1. The van der Waals surface area contributed by atoms with E-state index in [0.717, 1.165) is 37.0 Å². The predicted molar refractivity (Wildman–Crippen MR) is 114 cm³/mol. The first-order valence-corrected chi connectivity index (χ1v) is 10.8. The van der Waals surface area contributed by atoms with Gasteiger partial charge in [-0.15, -0.1) is 0 Å². The van der Waals surface area contributed by atoms with Gasteiger partial charge in [0.15, 0.2) is 0 Å². The van der Waals surface area contributed by atoms with Gasteiger partial charge in [0.1, 0.15) is 0 Å². The molecular formula is C24H27F3N2O3. The minimum absolute atomic E-state index is 0.0809. The number of nitrogens with one attached hydrogen (secondary N) is 1. The lowest BCUT2D eigenvalue weighted by Gasteiger charge is -2.44. The molecule has 2 aromatic rings. The van der Waals surface area contributed by atoms with Crippen molar-refractivity contribution < 1.29 is 27.4 Å². The Hall–Kier alpha value is -2.42. The van der Waals surface area contributed by atoms with Crippen molar-refractivity contribution in [2.75, 3.05) is 31.6 Å². The molecule has 2 heterocycles. The minimum Gasteiger partial charge on any atom is -0.372 e. The van der Waals surface area contributed by atoms with Gasteiger partial charge in [0, 0.05) is 25.4 Å². The van der Waals surface area contributed by atoms with E-state index < -0.39 is 11.7 Å². The van der Waals surface area contributed by atoms with E-state index in [1.165, 1.54) is 12.1 Å². The monoisotopic (exact) mass is 448 g/mol. The number of rotatable bonds is 6. The van der Waals surface area contributed by atoms with Gasteiger partial charge in [0.05, 0.1) is 30.4 Å². The first-order valence-electron chi connectivity index (χ1n) is 10.8. The number of alkyl halides is 3. The normalized spacial score (nSPS) is 24.0. The molecule has 2 aliphatic heterocycles. The standard InChI is InChI=1S/C24H27F3N2O3/c25-24(26,27)19-8-4-9-20(14-19)28-22(30)16-29-12-11-23(10-5-13-32-23)21(15-29)31-17-18-6-2-1-3-7-18/h1-4,6-9,14,21H,5,10-13,15-17H2,(H,28,30). The molecular weight excluding hydrogens is 421 g/mol. The van der Waals surface area contributed by atoms with Gasteiger partial charge < -0.3 is 14.8 Å². The number of piperidine rings is 1. The van der Waals surface area contributed by atoms with Gasteiger partial charge in [0.25, 0.3) is 0 Å². The number of anilines is 1. The molecule has 4 rings (SSSR count). The maximum atomic E-state index is 12.9. The third-order valence-corrected chi connectivity index (χ3v) is 6.13. The van der Waals surface area contributed by atoms with Crippen molar-refractivity contribution in [3.05, 3.63) is 65.7 Å². The molecule has 2 aliphatic rings. The smallest absolute Gasteiger partial charge is 0.372 e. The Morgan fingerprint density at radius 2 is 1.97 bits per heavy atom. The number of hydrogen-bond acceptors (Lipinski definition) is 4. The molecule has 8 heteroatoms. The topological polar surface area (TPSA) is 50.8 Å². The van der Waals surface area contributed by atoms with Crippen LogP contribution < -0.4 is 5.32 Å². The molecule has 0 radical (unpaired) electrons. The second-order valence-electron chi connectivity index (χ2n) is 8.41. The largest absolute Gasteiger partial charge is 0.416 e. The van der Waals surface area contributed by atoms with E-state index in [2.05, 4.69) is 5.32 Å². The highest BCUT2D eigenvalue weighted by molar-refractivity contribution is 5.92. The van der Waals surface area contributed by atoms with Crippen LogP contribution >= 0.6 is 0 Å². The maximum absolute atomic E-state index is 12.9. The molecule has 172 valence electrons. The van der Waals surface area contributed by atoms with Crippen molar-refractivity contribution in [3.63, 3.8) is 0 Å². The van der Waals surface area contributed by atoms with E-state index in [0.29, 0.717) is 26.3 Å². The van der Waals surface area contributed by atoms with Gasteiger partial charge in [-0.3, -0.25) is 9.69 Å². The molecule has 1 spiro atoms. The molecule has 2 aromatic carbocycles. The SMILES string of the molecule is O=C(CN1CCC2(CCCO2)C(OCc2ccccc2)C1)Nc1cccc(C(F)(F)F)c1. The highest BCUT2D eigenvalue weighted by Gasteiger charge is 2.47. The van der Waals surface area contributed by atoms with Crippen LogP contribution in [-0.2, 0) is 27.1 Å². The second-order valence-corrected chi connectivity index (χ2v) is 8.41. The number of hydrogen-bond donors (Lipinski definition) is 1. The van der Waals surface area contributed by atoms with Crippen LogP contribution in [0.15, 0.2) is 54.6 Å². The van der Waals surface area contributed by atoms with Crippen molar-refractivity contribution in [1.82, 2.24) is 4.90 Å². The summed E-state index contributed by atoms with van der Waals surface area (Å²) in [5.74, 6) is -0.352. The average Bonchev–Trinajstić information content (AvgIpc) is 3.24. The average molecular weight is 448 g/mol. The highest BCUT2D eigenvalue weighted by atomic mass is 19.4. The van der Waals surface area contributed by atoms with Gasteiger partial charge in [-0.2, -0.15) is 13.2 Å². The molecule has 2 unspecified atom stereocenters. The van der Waals surface area contributed by atoms with Crippen molar-refractivity contribution >= 4 is 11.6 Å². The minimum atomic E-state index is -4.45. The summed E-state index contributed by atoms with van der Waals surface area (Å²) in [5.41, 5.74) is 0.0836. The second kappa shape index (κ2) is 9.60. The summed E-state index contributed by atoms with van der Waals surface area (Å²) >= 11 is 0. The number of benzene rings is 2. The van der Waals surface area contributed by atoms with Crippen molar-refractivity contribution in [2.24, 2.45) is 0 Å². The lowest BCUT2D eigenvalue weighted by molar-refractivity contribution is -0.159. The van der Waals surface area contributed by atoms with Crippen molar-refractivity contribution in [3.8, 4) is 0 Å². The molecule has 1 amide bonds. The Balaban J connectivity index is 1.37. The van der Waals surface area contributed by atoms with Crippen LogP contribution in [0, 0.1) is 0 Å². The molecule has 0 aliphatic carbocycles. The molecule has 5 nitrogen and oxygen atoms in total. The fourth-order valence-corrected chi connectivity index (χ4v) is 4.47. The van der Waals surface area contributed by atoms with Crippen LogP contribution in [0.3, 0.4) is 0 Å². The van der Waals surface area contributed by atoms with Crippen LogP contribution in [0.5, 0.6) is 0 Å². The fourth-order valence-electron chi connectivity index (χ4n) is 4.47. The van der Waals surface area contributed by atoms with Crippen LogP contribution in [0.1, 0.15) is 30.4 Å². The zero-order chi connectivity index (χ0) is 22.6. The van der Waals surface area contributed by atoms with E-state index in [9.17, 15) is 18.0 Å². The first-order chi connectivity index (χ1) is 15.3. The zero-order valence-corrected chi connectivity index (χ0v) is 17.7. The quantitative estimate of drug-likeness (QED) is 0.708. The van der Waals surface area contributed by atoms with Gasteiger partial charge in [-0.05, 0) is 43.0 Å². The number of carbonyl (C=O) groups is 1. The van der Waals surface area contributed by atoms with E-state index in [-0.39, 0.29) is 29.8 Å². The first kappa shape index (κ1) is 22.8. The Morgan fingerprint density at radius 3 is 2.69 bits per heavy atom. The van der Waals surface area contributed by atoms with Crippen molar-refractivity contribution in [2.45, 2.75) is 43.8 Å². The van der Waals surface area contributed by atoms with Gasteiger partial charge >= 0.3 is 6.18 Å². The van der Waals surface area contributed by atoms with Crippen LogP contribution in [-0.4, -0.2) is 48.8 Å². The van der Waals surface area contributed by atoms with Crippen LogP contribution in [0.2, 0.25) is 0 Å². The summed E-state index contributed by atoms with van der Waals surface area (Å²) in [5, 5.41) is 2.58. The molecule has 32 heavy (non-hydrogen) atoms. The Bertz CT molecular complexity index is 914. The summed E-state index contributed by atoms with van der Waals surface area (Å²) in [6, 6.07) is 14.6. The molecule has 2 saturated heterocycles. The van der Waals surface area contributed by atoms with E-state index in [1.54, 1.807) is 0 Å². The molecule has 0 saturated carbocycles. The highest BCUT2D eigenvalue weighted by Crippen LogP contribution is 2.38. The van der Waals surface area contributed by atoms with E-state index in [1.807, 2.05) is 35.2 Å². The summed E-state index contributed by atoms with van der Waals surface area (Å²) in [6.07, 6.45) is -1.96. The number of likely N-dealkylation sites (tertiary alicyclic amines) is 1. The Kier molecular flexibility index (Phi) is 6.83. The van der Waals surface area contributed by atoms with Crippen LogP contribution in [0.4, 0.5) is 18.9 Å². The third kappa shape index (κ3) is 5.49. The number of halogens is 3. The van der Waals surface area contributed by atoms with Gasteiger partial charge in [-0.1, -0.05) is 36.4 Å². The maximum Gasteiger partial charge on any atom is 0.416 e. The Morgan fingerprint density at radius 1 is 1.16 bits per heavy atom. The summed E-state index contributed by atoms with van der Waals surface area (Å²) in [7, 11) is 0. The third-order valence-electron chi connectivity index (χ3n) is 6.13. The fraction of sp³-hybridized carbons (Fsp3) is 0.458. The number of ether oxygens (including phenoxy) is 2. The lowest BCUT2D eigenvalue weighted by atomic mass is 9.85. The number of carbonyl (C=O) groups excluding carboxylic acids is 1. The van der Waals surface area contributed by atoms with E-state index >= 15 is 0 Å². The predicted octanol–water partition coefficient (Wildman–Crippen LogP) is 4.48.